The molecular weight excluding hydrogens is 292 g/mol. The lowest BCUT2D eigenvalue weighted by molar-refractivity contribution is 0.522. The molecule has 1 aliphatic heterocycles. The van der Waals surface area contributed by atoms with Crippen molar-refractivity contribution in [3.8, 4) is 0 Å². The number of aromatic nitrogens is 5. The van der Waals surface area contributed by atoms with Gasteiger partial charge in [0.1, 0.15) is 11.2 Å². The molecule has 0 spiro atoms. The van der Waals surface area contributed by atoms with Crippen molar-refractivity contribution >= 4 is 16.7 Å². The van der Waals surface area contributed by atoms with Crippen molar-refractivity contribution in [2.45, 2.75) is 33.0 Å². The van der Waals surface area contributed by atoms with Crippen molar-refractivity contribution in [1.29, 1.82) is 0 Å². The summed E-state index contributed by atoms with van der Waals surface area (Å²) in [6, 6.07) is 4.12. The number of pyridine rings is 1. The van der Waals surface area contributed by atoms with Crippen LogP contribution in [0.5, 0.6) is 0 Å². The molecule has 0 aliphatic carbocycles. The highest BCUT2D eigenvalue weighted by molar-refractivity contribution is 5.73. The van der Waals surface area contributed by atoms with Crippen LogP contribution in [0.25, 0.3) is 11.0 Å². The van der Waals surface area contributed by atoms with Crippen LogP contribution in [0, 0.1) is 0 Å². The first-order valence-corrected chi connectivity index (χ1v) is 7.77. The quantitative estimate of drug-likeness (QED) is 0.719. The molecule has 7 heteroatoms. The maximum atomic E-state index is 12.7. The molecule has 23 heavy (non-hydrogen) atoms. The number of hydrogen-bond acceptors (Lipinski definition) is 5. The number of anilines is 1. The molecule has 4 heterocycles. The fraction of sp³-hybridized carbons (Fsp3) is 0.375. The lowest BCUT2D eigenvalue weighted by atomic mass is 10.2. The molecule has 0 fully saturated rings. The standard InChI is InChI=1S/C16H18N6O/c1-11(2)22-15-13(9-18-22)16(23)21-8-7-20(10-14(21)19-15)12-3-5-17-6-4-12/h3-6,9,11H,7-8,10H2,1-2H3. The molecule has 7 nitrogen and oxygen atoms in total. The van der Waals surface area contributed by atoms with Gasteiger partial charge in [-0.05, 0) is 26.0 Å². The van der Waals surface area contributed by atoms with Gasteiger partial charge in [0.25, 0.3) is 5.56 Å². The highest BCUT2D eigenvalue weighted by Crippen LogP contribution is 2.20. The van der Waals surface area contributed by atoms with Crippen molar-refractivity contribution < 1.29 is 0 Å². The van der Waals surface area contributed by atoms with E-state index < -0.39 is 0 Å². The minimum Gasteiger partial charge on any atom is -0.362 e. The highest BCUT2D eigenvalue weighted by Gasteiger charge is 2.22. The van der Waals surface area contributed by atoms with Gasteiger partial charge in [-0.1, -0.05) is 0 Å². The van der Waals surface area contributed by atoms with Gasteiger partial charge in [-0.25, -0.2) is 9.67 Å². The van der Waals surface area contributed by atoms with Crippen molar-refractivity contribution in [2.75, 3.05) is 11.4 Å². The van der Waals surface area contributed by atoms with Gasteiger partial charge in [0.2, 0.25) is 0 Å². The SMILES string of the molecule is CC(C)n1ncc2c(=O)n3c(nc21)CN(c1ccncc1)CC3. The van der Waals surface area contributed by atoms with E-state index in [0.717, 1.165) is 18.1 Å². The fourth-order valence-corrected chi connectivity index (χ4v) is 3.04. The van der Waals surface area contributed by atoms with E-state index in [9.17, 15) is 4.79 Å². The number of nitrogens with zero attached hydrogens (tertiary/aromatic N) is 6. The van der Waals surface area contributed by atoms with E-state index in [1.54, 1.807) is 23.2 Å². The molecule has 0 saturated heterocycles. The molecule has 0 saturated carbocycles. The van der Waals surface area contributed by atoms with E-state index in [0.29, 0.717) is 24.1 Å². The predicted octanol–water partition coefficient (Wildman–Crippen LogP) is 1.59. The van der Waals surface area contributed by atoms with Crippen molar-refractivity contribution in [3.63, 3.8) is 0 Å². The lowest BCUT2D eigenvalue weighted by Gasteiger charge is -2.30. The monoisotopic (exact) mass is 310 g/mol. The molecule has 0 N–H and O–H groups in total. The van der Waals surface area contributed by atoms with Gasteiger partial charge in [-0.2, -0.15) is 5.10 Å². The third-order valence-corrected chi connectivity index (χ3v) is 4.23. The summed E-state index contributed by atoms with van der Waals surface area (Å²) in [5.41, 5.74) is 1.78. The normalized spacial score (nSPS) is 14.5. The Labute approximate surface area is 133 Å². The Bertz CT molecular complexity index is 911. The summed E-state index contributed by atoms with van der Waals surface area (Å²) in [5.74, 6) is 0.785. The summed E-state index contributed by atoms with van der Waals surface area (Å²) >= 11 is 0. The zero-order chi connectivity index (χ0) is 16.0. The van der Waals surface area contributed by atoms with Crippen molar-refractivity contribution in [2.24, 2.45) is 0 Å². The summed E-state index contributed by atoms with van der Waals surface area (Å²) in [6.45, 7) is 6.09. The van der Waals surface area contributed by atoms with Gasteiger partial charge in [0.15, 0.2) is 5.65 Å². The second kappa shape index (κ2) is 5.19. The highest BCUT2D eigenvalue weighted by atomic mass is 16.1. The van der Waals surface area contributed by atoms with Gasteiger partial charge in [0.05, 0.1) is 12.7 Å². The topological polar surface area (TPSA) is 68.8 Å². The maximum absolute atomic E-state index is 12.7. The Balaban J connectivity index is 1.82. The zero-order valence-corrected chi connectivity index (χ0v) is 13.2. The second-order valence-corrected chi connectivity index (χ2v) is 6.03. The Morgan fingerprint density at radius 1 is 1.17 bits per heavy atom. The molecule has 0 aromatic carbocycles. The van der Waals surface area contributed by atoms with E-state index in [2.05, 4.69) is 15.0 Å². The first-order valence-electron chi connectivity index (χ1n) is 7.77. The summed E-state index contributed by atoms with van der Waals surface area (Å²) in [4.78, 5) is 23.7. The van der Waals surface area contributed by atoms with Crippen LogP contribution < -0.4 is 10.5 Å². The maximum Gasteiger partial charge on any atom is 0.264 e. The molecule has 0 atom stereocenters. The third-order valence-electron chi connectivity index (χ3n) is 4.23. The summed E-state index contributed by atoms with van der Waals surface area (Å²) in [5, 5.41) is 4.92. The number of fused-ring (bicyclic) bond motifs is 2. The van der Waals surface area contributed by atoms with Crippen LogP contribution in [0.1, 0.15) is 25.7 Å². The Morgan fingerprint density at radius 3 is 2.70 bits per heavy atom. The average Bonchev–Trinajstić information content (AvgIpc) is 3.00. The zero-order valence-electron chi connectivity index (χ0n) is 13.2. The van der Waals surface area contributed by atoms with Gasteiger partial charge < -0.3 is 4.90 Å². The second-order valence-electron chi connectivity index (χ2n) is 6.03. The van der Waals surface area contributed by atoms with Crippen LogP contribution in [-0.4, -0.2) is 30.9 Å². The van der Waals surface area contributed by atoms with Crippen molar-refractivity contribution in [1.82, 2.24) is 24.3 Å². The molecule has 3 aromatic rings. The van der Waals surface area contributed by atoms with Crippen LogP contribution >= 0.6 is 0 Å². The first-order chi connectivity index (χ1) is 11.1. The van der Waals surface area contributed by atoms with E-state index in [1.807, 2.05) is 30.7 Å². The molecular formula is C16H18N6O. The first kappa shape index (κ1) is 13.9. The van der Waals surface area contributed by atoms with Crippen LogP contribution in [-0.2, 0) is 13.1 Å². The van der Waals surface area contributed by atoms with Crippen LogP contribution in [0.15, 0.2) is 35.5 Å². The molecule has 4 rings (SSSR count). The van der Waals surface area contributed by atoms with Crippen LogP contribution in [0.3, 0.4) is 0 Å². The Hall–Kier alpha value is -2.70. The van der Waals surface area contributed by atoms with Gasteiger partial charge in [0, 0.05) is 37.2 Å². The van der Waals surface area contributed by atoms with E-state index in [-0.39, 0.29) is 11.6 Å². The fourth-order valence-electron chi connectivity index (χ4n) is 3.04. The van der Waals surface area contributed by atoms with Gasteiger partial charge >= 0.3 is 0 Å². The van der Waals surface area contributed by atoms with E-state index >= 15 is 0 Å². The smallest absolute Gasteiger partial charge is 0.264 e. The predicted molar refractivity (Wildman–Crippen MR) is 87.5 cm³/mol. The van der Waals surface area contributed by atoms with E-state index in [1.165, 1.54) is 0 Å². The molecule has 0 radical (unpaired) electrons. The summed E-state index contributed by atoms with van der Waals surface area (Å²) < 4.78 is 3.58. The molecule has 0 amide bonds. The summed E-state index contributed by atoms with van der Waals surface area (Å²) in [6.07, 6.45) is 5.19. The van der Waals surface area contributed by atoms with Crippen LogP contribution in [0.4, 0.5) is 5.69 Å². The van der Waals surface area contributed by atoms with Crippen molar-refractivity contribution in [3.05, 3.63) is 46.9 Å². The average molecular weight is 310 g/mol. The third kappa shape index (κ3) is 2.19. The Kier molecular flexibility index (Phi) is 3.14. The molecule has 0 bridgehead atoms. The summed E-state index contributed by atoms with van der Waals surface area (Å²) in [7, 11) is 0. The van der Waals surface area contributed by atoms with E-state index in [4.69, 9.17) is 4.98 Å². The molecule has 3 aromatic heterocycles. The minimum absolute atomic E-state index is 0.00581. The van der Waals surface area contributed by atoms with Crippen LogP contribution in [0.2, 0.25) is 0 Å². The number of hydrogen-bond donors (Lipinski definition) is 0. The molecule has 0 unspecified atom stereocenters. The number of rotatable bonds is 2. The molecule has 1 aliphatic rings. The van der Waals surface area contributed by atoms with Gasteiger partial charge in [-0.3, -0.25) is 14.3 Å². The van der Waals surface area contributed by atoms with Gasteiger partial charge in [-0.15, -0.1) is 0 Å². The largest absolute Gasteiger partial charge is 0.362 e. The minimum atomic E-state index is 0.00581. The molecule has 118 valence electrons. The Morgan fingerprint density at radius 2 is 1.96 bits per heavy atom. The lowest BCUT2D eigenvalue weighted by Crippen LogP contribution is -2.40.